The molecule has 7 nitrogen and oxygen atoms in total. The van der Waals surface area contributed by atoms with Gasteiger partial charge < -0.3 is 26.0 Å². The third kappa shape index (κ3) is 4.69. The lowest BCUT2D eigenvalue weighted by atomic mass is 10.0. The minimum atomic E-state index is -0.223. The highest BCUT2D eigenvalue weighted by atomic mass is 16.5. The first-order chi connectivity index (χ1) is 13.1. The molecule has 0 aliphatic carbocycles. The molecule has 2 aromatic carbocycles. The van der Waals surface area contributed by atoms with Crippen LogP contribution in [0.1, 0.15) is 17.5 Å². The molecule has 0 saturated heterocycles. The second-order valence-electron chi connectivity index (χ2n) is 6.42. The molecule has 0 radical (unpaired) electrons. The Bertz CT molecular complexity index is 838. The van der Waals surface area contributed by atoms with Crippen LogP contribution in [0.5, 0.6) is 5.75 Å². The fraction of sp³-hybridized carbons (Fsp3) is 0.300. The van der Waals surface area contributed by atoms with Crippen LogP contribution in [0.15, 0.2) is 42.5 Å². The second-order valence-corrected chi connectivity index (χ2v) is 6.42. The number of nitrogens with one attached hydrogen (secondary N) is 2. The van der Waals surface area contributed by atoms with Crippen molar-refractivity contribution >= 4 is 23.3 Å². The third-order valence-corrected chi connectivity index (χ3v) is 4.58. The van der Waals surface area contributed by atoms with Crippen LogP contribution < -0.4 is 21.1 Å². The summed E-state index contributed by atoms with van der Waals surface area (Å²) in [7, 11) is 1.55. The first-order valence-corrected chi connectivity index (χ1v) is 8.89. The average Bonchev–Trinajstić information content (AvgIpc) is 2.69. The quantitative estimate of drug-likeness (QED) is 0.706. The predicted molar refractivity (Wildman–Crippen MR) is 105 cm³/mol. The largest absolute Gasteiger partial charge is 0.497 e. The second kappa shape index (κ2) is 8.44. The van der Waals surface area contributed by atoms with E-state index in [-0.39, 0.29) is 24.9 Å². The number of nitrogens with zero attached hydrogens (tertiary/aromatic N) is 1. The van der Waals surface area contributed by atoms with Crippen molar-refractivity contribution < 1.29 is 14.3 Å². The van der Waals surface area contributed by atoms with Crippen LogP contribution in [-0.2, 0) is 17.8 Å². The summed E-state index contributed by atoms with van der Waals surface area (Å²) in [5.74, 6) is 0.387. The van der Waals surface area contributed by atoms with Gasteiger partial charge in [-0.05, 0) is 29.7 Å². The normalized spacial score (nSPS) is 12.9. The van der Waals surface area contributed by atoms with Gasteiger partial charge >= 0.3 is 6.03 Å². The zero-order chi connectivity index (χ0) is 19.2. The van der Waals surface area contributed by atoms with Crippen molar-refractivity contribution in [1.29, 1.82) is 0 Å². The Balaban J connectivity index is 1.46. The summed E-state index contributed by atoms with van der Waals surface area (Å²) in [5.41, 5.74) is 9.28. The molecule has 0 bridgehead atoms. The molecule has 3 rings (SSSR count). The van der Waals surface area contributed by atoms with E-state index in [9.17, 15) is 9.59 Å². The van der Waals surface area contributed by atoms with Gasteiger partial charge in [-0.15, -0.1) is 0 Å². The van der Waals surface area contributed by atoms with E-state index < -0.39 is 0 Å². The lowest BCUT2D eigenvalue weighted by molar-refractivity contribution is -0.116. The number of carbonyl (C=O) groups excluding carboxylic acids is 2. The molecule has 1 aliphatic rings. The van der Waals surface area contributed by atoms with E-state index in [1.54, 1.807) is 30.2 Å². The van der Waals surface area contributed by atoms with Gasteiger partial charge in [0, 0.05) is 32.1 Å². The Hall–Kier alpha value is -3.22. The van der Waals surface area contributed by atoms with Crippen LogP contribution >= 0.6 is 0 Å². The lowest BCUT2D eigenvalue weighted by Gasteiger charge is -2.28. The van der Waals surface area contributed by atoms with Crippen molar-refractivity contribution in [3.8, 4) is 5.75 Å². The molecule has 4 N–H and O–H groups in total. The number of fused-ring (bicyclic) bond motifs is 1. The molecule has 27 heavy (non-hydrogen) atoms. The molecule has 0 atom stereocenters. The predicted octanol–water partition coefficient (Wildman–Crippen LogP) is 2.37. The monoisotopic (exact) mass is 368 g/mol. The summed E-state index contributed by atoms with van der Waals surface area (Å²) in [4.78, 5) is 26.2. The summed E-state index contributed by atoms with van der Waals surface area (Å²) in [6.07, 6.45) is 1.01. The lowest BCUT2D eigenvalue weighted by Crippen LogP contribution is -2.43. The molecule has 3 amide bonds. The van der Waals surface area contributed by atoms with Crippen LogP contribution in [-0.4, -0.2) is 37.0 Å². The standard InChI is InChI=1S/C20H24N4O3/c1-27-16-6-7-17(21)18(12-16)23-19(25)8-10-22-20(26)24-11-9-14-4-2-3-5-15(14)13-24/h2-7,12H,8-11,13,21H2,1H3,(H,22,26)(H,23,25). The maximum absolute atomic E-state index is 12.3. The Morgan fingerprint density at radius 2 is 1.96 bits per heavy atom. The number of urea groups is 1. The van der Waals surface area contributed by atoms with E-state index >= 15 is 0 Å². The number of hydrogen-bond donors (Lipinski definition) is 3. The van der Waals surface area contributed by atoms with Crippen LogP contribution in [0.25, 0.3) is 0 Å². The number of benzene rings is 2. The van der Waals surface area contributed by atoms with Crippen molar-refractivity contribution in [3.63, 3.8) is 0 Å². The molecule has 0 saturated carbocycles. The summed E-state index contributed by atoms with van der Waals surface area (Å²) in [6.45, 7) is 1.52. The number of ether oxygens (including phenoxy) is 1. The van der Waals surface area contributed by atoms with E-state index in [1.807, 2.05) is 18.2 Å². The number of carbonyl (C=O) groups is 2. The summed E-state index contributed by atoms with van der Waals surface area (Å²) in [6, 6.07) is 13.0. The molecule has 1 aliphatic heterocycles. The molecule has 2 aromatic rings. The Kier molecular flexibility index (Phi) is 5.80. The maximum Gasteiger partial charge on any atom is 0.317 e. The minimum Gasteiger partial charge on any atom is -0.497 e. The maximum atomic E-state index is 12.3. The van der Waals surface area contributed by atoms with Crippen LogP contribution in [0, 0.1) is 0 Å². The zero-order valence-corrected chi connectivity index (χ0v) is 15.3. The van der Waals surface area contributed by atoms with Crippen molar-refractivity contribution in [2.45, 2.75) is 19.4 Å². The number of hydrogen-bond acceptors (Lipinski definition) is 4. The minimum absolute atomic E-state index is 0.154. The van der Waals surface area contributed by atoms with Gasteiger partial charge in [0.15, 0.2) is 0 Å². The van der Waals surface area contributed by atoms with E-state index in [0.29, 0.717) is 30.2 Å². The van der Waals surface area contributed by atoms with Crippen molar-refractivity contribution in [3.05, 3.63) is 53.6 Å². The molecular formula is C20H24N4O3. The summed E-state index contributed by atoms with van der Waals surface area (Å²) in [5, 5.41) is 5.55. The molecule has 142 valence electrons. The van der Waals surface area contributed by atoms with Gasteiger partial charge in [0.25, 0.3) is 0 Å². The Morgan fingerprint density at radius 1 is 1.19 bits per heavy atom. The van der Waals surface area contributed by atoms with Gasteiger partial charge in [0.05, 0.1) is 18.5 Å². The third-order valence-electron chi connectivity index (χ3n) is 4.58. The van der Waals surface area contributed by atoms with E-state index in [4.69, 9.17) is 10.5 Å². The SMILES string of the molecule is COc1ccc(N)c(NC(=O)CCNC(=O)N2CCc3ccccc3C2)c1. The van der Waals surface area contributed by atoms with E-state index in [0.717, 1.165) is 6.42 Å². The molecule has 0 spiro atoms. The van der Waals surface area contributed by atoms with Crippen molar-refractivity contribution in [2.24, 2.45) is 0 Å². The van der Waals surface area contributed by atoms with Gasteiger partial charge in [0.1, 0.15) is 5.75 Å². The van der Waals surface area contributed by atoms with Gasteiger partial charge in [-0.2, -0.15) is 0 Å². The van der Waals surface area contributed by atoms with E-state index in [1.165, 1.54) is 11.1 Å². The number of nitrogens with two attached hydrogens (primary N) is 1. The van der Waals surface area contributed by atoms with Gasteiger partial charge in [-0.3, -0.25) is 4.79 Å². The first kappa shape index (κ1) is 18.6. The fourth-order valence-corrected chi connectivity index (χ4v) is 3.05. The summed E-state index contributed by atoms with van der Waals surface area (Å²) < 4.78 is 5.13. The van der Waals surface area contributed by atoms with Crippen LogP contribution in [0.2, 0.25) is 0 Å². The van der Waals surface area contributed by atoms with Crippen LogP contribution in [0.3, 0.4) is 0 Å². The summed E-state index contributed by atoms with van der Waals surface area (Å²) >= 11 is 0. The number of methoxy groups -OCH3 is 1. The number of amides is 3. The fourth-order valence-electron chi connectivity index (χ4n) is 3.05. The Labute approximate surface area is 158 Å². The highest BCUT2D eigenvalue weighted by molar-refractivity contribution is 5.94. The van der Waals surface area contributed by atoms with E-state index in [2.05, 4.69) is 16.7 Å². The van der Waals surface area contributed by atoms with Gasteiger partial charge in [-0.1, -0.05) is 24.3 Å². The van der Waals surface area contributed by atoms with Gasteiger partial charge in [0.2, 0.25) is 5.91 Å². The number of anilines is 2. The molecule has 1 heterocycles. The molecular weight excluding hydrogens is 344 g/mol. The molecule has 0 fully saturated rings. The highest BCUT2D eigenvalue weighted by Gasteiger charge is 2.20. The highest BCUT2D eigenvalue weighted by Crippen LogP contribution is 2.24. The Morgan fingerprint density at radius 3 is 2.74 bits per heavy atom. The smallest absolute Gasteiger partial charge is 0.317 e. The van der Waals surface area contributed by atoms with Crippen LogP contribution in [0.4, 0.5) is 16.2 Å². The number of rotatable bonds is 5. The number of nitrogen functional groups attached to an aromatic ring is 1. The topological polar surface area (TPSA) is 96.7 Å². The molecule has 0 aromatic heterocycles. The zero-order valence-electron chi connectivity index (χ0n) is 15.3. The molecule has 0 unspecified atom stereocenters. The average molecular weight is 368 g/mol. The van der Waals surface area contributed by atoms with Crippen molar-refractivity contribution in [1.82, 2.24) is 10.2 Å². The van der Waals surface area contributed by atoms with Crippen molar-refractivity contribution in [2.75, 3.05) is 31.2 Å². The first-order valence-electron chi connectivity index (χ1n) is 8.89. The van der Waals surface area contributed by atoms with Gasteiger partial charge in [-0.25, -0.2) is 4.79 Å². The molecule has 7 heteroatoms.